The summed E-state index contributed by atoms with van der Waals surface area (Å²) in [6.45, 7) is 7.42. The number of carbonyl (C=O) groups excluding carboxylic acids is 1. The smallest absolute Gasteiger partial charge is 0.338 e. The number of hydrogen-bond donors (Lipinski definition) is 0. The molecule has 11 heteroatoms. The van der Waals surface area contributed by atoms with Crippen molar-refractivity contribution in [2.24, 2.45) is 4.99 Å². The lowest BCUT2D eigenvalue weighted by Crippen LogP contribution is -2.40. The molecule has 1 atom stereocenters. The first kappa shape index (κ1) is 27.8. The number of benzene rings is 2. The number of nitro groups is 1. The third-order valence-corrected chi connectivity index (χ3v) is 7.32. The summed E-state index contributed by atoms with van der Waals surface area (Å²) >= 11 is 1.17. The average molecular weight is 574 g/mol. The molecule has 0 saturated heterocycles. The van der Waals surface area contributed by atoms with E-state index in [0.29, 0.717) is 43.4 Å². The van der Waals surface area contributed by atoms with Gasteiger partial charge in [0, 0.05) is 29.3 Å². The van der Waals surface area contributed by atoms with Gasteiger partial charge in [-0.3, -0.25) is 19.5 Å². The fraction of sp³-hybridized carbons (Fsp3) is 0.233. The Bertz CT molecular complexity index is 1860. The van der Waals surface area contributed by atoms with Crippen LogP contribution >= 0.6 is 11.3 Å². The Morgan fingerprint density at radius 2 is 1.98 bits per heavy atom. The molecule has 2 aromatic heterocycles. The van der Waals surface area contributed by atoms with Gasteiger partial charge < -0.3 is 13.9 Å². The maximum atomic E-state index is 13.9. The fourth-order valence-corrected chi connectivity index (χ4v) is 5.67. The van der Waals surface area contributed by atoms with Gasteiger partial charge in [-0.2, -0.15) is 0 Å². The second-order valence-corrected chi connectivity index (χ2v) is 10.5. The summed E-state index contributed by atoms with van der Waals surface area (Å²) in [5.41, 5.74) is 1.47. The standard InChI is InChI=1S/C30H27N3O7S/c1-5-38-29(35)26-18(4)31-30-32(27(26)22-11-6-7-12-24(22)39-17(2)3)28(34)25(41-30)16-21-13-14-23(40-21)19-9-8-10-20(15-19)33(36)37/h6-17,27H,5H2,1-4H3/b25-16+/t27-/m1/s1. The first-order valence-electron chi connectivity index (χ1n) is 13.0. The molecule has 10 nitrogen and oxygen atoms in total. The van der Waals surface area contributed by atoms with Gasteiger partial charge in [0.25, 0.3) is 11.2 Å². The molecule has 5 rings (SSSR count). The Kier molecular flexibility index (Phi) is 7.71. The normalized spacial score (nSPS) is 15.0. The molecule has 0 radical (unpaired) electrons. The van der Waals surface area contributed by atoms with Gasteiger partial charge in [-0.1, -0.05) is 41.7 Å². The summed E-state index contributed by atoms with van der Waals surface area (Å²) in [4.78, 5) is 42.8. The highest BCUT2D eigenvalue weighted by Gasteiger charge is 2.35. The van der Waals surface area contributed by atoms with Gasteiger partial charge in [0.15, 0.2) is 4.80 Å². The van der Waals surface area contributed by atoms with Crippen LogP contribution in [0.3, 0.4) is 0 Å². The minimum Gasteiger partial charge on any atom is -0.491 e. The second-order valence-electron chi connectivity index (χ2n) is 9.52. The Labute approximate surface area is 238 Å². The quantitative estimate of drug-likeness (QED) is 0.169. The van der Waals surface area contributed by atoms with Crippen LogP contribution in [0.15, 0.2) is 86.1 Å². The summed E-state index contributed by atoms with van der Waals surface area (Å²) < 4.78 is 19.2. The highest BCUT2D eigenvalue weighted by atomic mass is 32.1. The lowest BCUT2D eigenvalue weighted by Gasteiger charge is -2.26. The maximum Gasteiger partial charge on any atom is 0.338 e. The number of allylic oxidation sites excluding steroid dienone is 1. The van der Waals surface area contributed by atoms with Gasteiger partial charge in [0.1, 0.15) is 23.3 Å². The molecule has 0 amide bonds. The predicted molar refractivity (Wildman–Crippen MR) is 153 cm³/mol. The van der Waals surface area contributed by atoms with Crippen molar-refractivity contribution in [1.29, 1.82) is 0 Å². The molecule has 0 spiro atoms. The van der Waals surface area contributed by atoms with Gasteiger partial charge in [0.2, 0.25) is 0 Å². The van der Waals surface area contributed by atoms with Gasteiger partial charge >= 0.3 is 5.97 Å². The van der Waals surface area contributed by atoms with Crippen molar-refractivity contribution in [3.05, 3.63) is 113 Å². The number of nitrogens with zero attached hydrogens (tertiary/aromatic N) is 3. The van der Waals surface area contributed by atoms with Gasteiger partial charge in [-0.15, -0.1) is 0 Å². The van der Waals surface area contributed by atoms with E-state index in [2.05, 4.69) is 4.99 Å². The zero-order chi connectivity index (χ0) is 29.3. The van der Waals surface area contributed by atoms with Crippen molar-refractivity contribution < 1.29 is 23.6 Å². The van der Waals surface area contributed by atoms with Crippen LogP contribution in [0.4, 0.5) is 5.69 Å². The van der Waals surface area contributed by atoms with E-state index in [-0.39, 0.29) is 29.5 Å². The molecule has 0 aliphatic carbocycles. The summed E-state index contributed by atoms with van der Waals surface area (Å²) in [6, 6.07) is 16.0. The maximum absolute atomic E-state index is 13.9. The Hall–Kier alpha value is -4.77. The van der Waals surface area contributed by atoms with Crippen molar-refractivity contribution in [3.63, 3.8) is 0 Å². The average Bonchev–Trinajstić information content (AvgIpc) is 3.52. The molecule has 3 heterocycles. The number of rotatable bonds is 8. The molecular weight excluding hydrogens is 546 g/mol. The van der Waals surface area contributed by atoms with Gasteiger partial charge in [-0.25, -0.2) is 9.79 Å². The van der Waals surface area contributed by atoms with Crippen LogP contribution in [-0.2, 0) is 9.53 Å². The number of para-hydroxylation sites is 1. The minimum atomic E-state index is -0.820. The van der Waals surface area contributed by atoms with Crippen molar-refractivity contribution in [1.82, 2.24) is 4.57 Å². The van der Waals surface area contributed by atoms with Crippen LogP contribution in [0.25, 0.3) is 17.4 Å². The molecule has 4 aromatic rings. The molecule has 210 valence electrons. The Morgan fingerprint density at radius 3 is 2.71 bits per heavy atom. The van der Waals surface area contributed by atoms with Crippen LogP contribution in [0, 0.1) is 10.1 Å². The lowest BCUT2D eigenvalue weighted by atomic mass is 9.95. The lowest BCUT2D eigenvalue weighted by molar-refractivity contribution is -0.384. The summed E-state index contributed by atoms with van der Waals surface area (Å²) in [7, 11) is 0. The van der Waals surface area contributed by atoms with Crippen molar-refractivity contribution in [3.8, 4) is 17.1 Å². The van der Waals surface area contributed by atoms with Gasteiger partial charge in [-0.05, 0) is 45.9 Å². The monoisotopic (exact) mass is 573 g/mol. The number of esters is 1. The highest BCUT2D eigenvalue weighted by molar-refractivity contribution is 7.07. The topological polar surface area (TPSA) is 126 Å². The van der Waals surface area contributed by atoms with Crippen molar-refractivity contribution >= 4 is 29.1 Å². The fourth-order valence-electron chi connectivity index (χ4n) is 4.64. The molecular formula is C30H27N3O7S. The van der Waals surface area contributed by atoms with E-state index < -0.39 is 16.9 Å². The van der Waals surface area contributed by atoms with Crippen molar-refractivity contribution in [2.75, 3.05) is 6.61 Å². The molecule has 2 aromatic carbocycles. The van der Waals surface area contributed by atoms with Crippen LogP contribution in [0.5, 0.6) is 5.75 Å². The van der Waals surface area contributed by atoms with Crippen molar-refractivity contribution in [2.45, 2.75) is 39.8 Å². The molecule has 0 saturated carbocycles. The van der Waals surface area contributed by atoms with E-state index >= 15 is 0 Å². The first-order valence-corrected chi connectivity index (χ1v) is 13.8. The highest BCUT2D eigenvalue weighted by Crippen LogP contribution is 2.36. The number of thiazole rings is 1. The number of ether oxygens (including phenoxy) is 2. The van der Waals surface area contributed by atoms with Crippen LogP contribution < -0.4 is 19.6 Å². The Morgan fingerprint density at radius 1 is 1.20 bits per heavy atom. The number of furan rings is 1. The second kappa shape index (κ2) is 11.4. The molecule has 41 heavy (non-hydrogen) atoms. The van der Waals surface area contributed by atoms with Crippen LogP contribution in [0.1, 0.15) is 45.1 Å². The minimum absolute atomic E-state index is 0.0525. The van der Waals surface area contributed by atoms with E-state index in [1.165, 1.54) is 28.0 Å². The molecule has 0 N–H and O–H groups in total. The number of hydrogen-bond acceptors (Lipinski definition) is 9. The van der Waals surface area contributed by atoms with E-state index in [9.17, 15) is 19.7 Å². The third kappa shape index (κ3) is 5.48. The van der Waals surface area contributed by atoms with Crippen LogP contribution in [0.2, 0.25) is 0 Å². The number of aromatic nitrogens is 1. The van der Waals surface area contributed by atoms with E-state index in [1.807, 2.05) is 38.1 Å². The zero-order valence-corrected chi connectivity index (χ0v) is 23.6. The number of non-ortho nitro benzene ring substituents is 1. The van der Waals surface area contributed by atoms with E-state index in [0.717, 1.165) is 0 Å². The first-order chi connectivity index (χ1) is 19.7. The number of nitro benzene ring substituents is 1. The Balaban J connectivity index is 1.64. The summed E-state index contributed by atoms with van der Waals surface area (Å²) in [6.07, 6.45) is 1.46. The summed E-state index contributed by atoms with van der Waals surface area (Å²) in [5.74, 6) is 0.801. The van der Waals surface area contributed by atoms with E-state index in [4.69, 9.17) is 13.9 Å². The molecule has 1 aliphatic rings. The molecule has 0 unspecified atom stereocenters. The predicted octanol–water partition coefficient (Wildman–Crippen LogP) is 4.75. The molecule has 1 aliphatic heterocycles. The van der Waals surface area contributed by atoms with Gasteiger partial charge in [0.05, 0.1) is 33.4 Å². The zero-order valence-electron chi connectivity index (χ0n) is 22.8. The van der Waals surface area contributed by atoms with Crippen LogP contribution in [-0.4, -0.2) is 28.2 Å². The third-order valence-electron chi connectivity index (χ3n) is 6.33. The molecule has 0 bridgehead atoms. The molecule has 0 fully saturated rings. The number of carbonyl (C=O) groups is 1. The van der Waals surface area contributed by atoms with E-state index in [1.54, 1.807) is 44.2 Å². The number of fused-ring (bicyclic) bond motifs is 1. The summed E-state index contributed by atoms with van der Waals surface area (Å²) in [5, 5.41) is 11.2. The largest absolute Gasteiger partial charge is 0.491 e. The SMILES string of the molecule is CCOC(=O)C1=C(C)N=c2s/c(=C/c3ccc(-c4cccc([N+](=O)[O-])c4)o3)c(=O)n2[C@@H]1c1ccccc1OC(C)C.